The van der Waals surface area contributed by atoms with Gasteiger partial charge in [-0.05, 0) is 19.0 Å². The van der Waals surface area contributed by atoms with Crippen molar-refractivity contribution in [1.82, 2.24) is 14.8 Å². The second-order valence-electron chi connectivity index (χ2n) is 8.06. The molecule has 1 atom stereocenters. The van der Waals surface area contributed by atoms with Gasteiger partial charge in [-0.3, -0.25) is 9.69 Å². The molecule has 10 nitrogen and oxygen atoms in total. The normalized spacial score (nSPS) is 20.4. The van der Waals surface area contributed by atoms with Gasteiger partial charge in [-0.1, -0.05) is 6.92 Å². The van der Waals surface area contributed by atoms with Gasteiger partial charge in [-0.25, -0.2) is 14.6 Å². The van der Waals surface area contributed by atoms with Crippen molar-refractivity contribution in [2.24, 2.45) is 0 Å². The summed E-state index contributed by atoms with van der Waals surface area (Å²) in [5.41, 5.74) is -0.203. The summed E-state index contributed by atoms with van der Waals surface area (Å²) in [6.45, 7) is 7.30. The zero-order valence-electron chi connectivity index (χ0n) is 20.0. The number of aromatic nitrogens is 1. The quantitative estimate of drug-likeness (QED) is 0.420. The molecule has 0 aliphatic carbocycles. The Morgan fingerprint density at radius 3 is 2.11 bits per heavy atom. The van der Waals surface area contributed by atoms with Crippen molar-refractivity contribution in [2.45, 2.75) is 31.3 Å². The number of carbonyl (C=O) groups is 3. The summed E-state index contributed by atoms with van der Waals surface area (Å²) < 4.78 is 88.6. The van der Waals surface area contributed by atoms with Gasteiger partial charge >= 0.3 is 24.3 Å². The molecule has 38 heavy (non-hydrogen) atoms. The van der Waals surface area contributed by atoms with Gasteiger partial charge in [0, 0.05) is 37.5 Å². The monoisotopic (exact) mass is 565 g/mol. The number of carboxylic acid groups (broad SMARTS) is 2. The molecule has 2 N–H and O–H groups in total. The van der Waals surface area contributed by atoms with Crippen LogP contribution >= 0.6 is 0 Å². The van der Waals surface area contributed by atoms with E-state index >= 15 is 0 Å². The van der Waals surface area contributed by atoms with Gasteiger partial charge in [0.25, 0.3) is 5.91 Å². The number of pyridine rings is 1. The van der Waals surface area contributed by atoms with Crippen LogP contribution in [0.5, 0.6) is 0 Å². The maximum atomic E-state index is 13.3. The van der Waals surface area contributed by atoms with Crippen molar-refractivity contribution in [1.29, 1.82) is 0 Å². The van der Waals surface area contributed by atoms with Crippen LogP contribution in [0.25, 0.3) is 0 Å². The zero-order valence-corrected chi connectivity index (χ0v) is 20.0. The summed E-state index contributed by atoms with van der Waals surface area (Å²) >= 11 is 0. The van der Waals surface area contributed by atoms with Crippen molar-refractivity contribution in [3.63, 3.8) is 0 Å². The molecule has 1 unspecified atom stereocenters. The topological polar surface area (TPSA) is 130 Å². The maximum Gasteiger partial charge on any atom is 0.490 e. The number of carbonyl (C=O) groups excluding carboxylic acids is 1. The first-order valence-electron chi connectivity index (χ1n) is 11.0. The van der Waals surface area contributed by atoms with Crippen molar-refractivity contribution in [2.75, 3.05) is 52.5 Å². The van der Waals surface area contributed by atoms with Crippen molar-refractivity contribution >= 4 is 17.8 Å². The maximum absolute atomic E-state index is 13.3. The number of nitrogens with zero attached hydrogens (tertiary/aromatic N) is 3. The molecule has 1 amide bonds. The van der Waals surface area contributed by atoms with Gasteiger partial charge < -0.3 is 24.6 Å². The van der Waals surface area contributed by atoms with Gasteiger partial charge in [0.05, 0.1) is 26.4 Å². The van der Waals surface area contributed by atoms with Crippen molar-refractivity contribution in [3.8, 4) is 0 Å². The fourth-order valence-corrected chi connectivity index (χ4v) is 3.41. The lowest BCUT2D eigenvalue weighted by molar-refractivity contribution is -0.193. The van der Waals surface area contributed by atoms with Crippen molar-refractivity contribution in [3.05, 3.63) is 29.8 Å². The molecule has 1 spiro atoms. The highest BCUT2D eigenvalue weighted by molar-refractivity contribution is 5.94. The highest BCUT2D eigenvalue weighted by atomic mass is 19.4. The smallest absolute Gasteiger partial charge is 0.475 e. The molecule has 0 radical (unpaired) electrons. The third kappa shape index (κ3) is 11.1. The van der Waals surface area contributed by atoms with E-state index in [-0.39, 0.29) is 5.91 Å². The van der Waals surface area contributed by atoms with E-state index in [4.69, 9.17) is 29.3 Å². The Labute approximate surface area is 211 Å². The van der Waals surface area contributed by atoms with Crippen molar-refractivity contribution < 1.29 is 64.8 Å². The predicted octanol–water partition coefficient (Wildman–Crippen LogP) is 2.44. The molecule has 1 aromatic rings. The van der Waals surface area contributed by atoms with E-state index in [2.05, 4.69) is 16.8 Å². The van der Waals surface area contributed by atoms with E-state index < -0.39 is 35.8 Å². The van der Waals surface area contributed by atoms with Gasteiger partial charge in [0.1, 0.15) is 5.60 Å². The summed E-state index contributed by atoms with van der Waals surface area (Å²) in [6.07, 6.45) is -7.78. The molecule has 2 saturated heterocycles. The molecule has 3 rings (SSSR count). The Hall–Kier alpha value is -3.05. The number of carboxylic acids is 2. The number of morpholine rings is 1. The second-order valence-corrected chi connectivity index (χ2v) is 8.06. The first kappa shape index (κ1) is 33.0. The van der Waals surface area contributed by atoms with E-state index in [0.29, 0.717) is 38.5 Å². The first-order chi connectivity index (χ1) is 17.5. The molecule has 3 heterocycles. The molecular formula is C21H26F7N3O7. The molecule has 1 aromatic heterocycles. The number of hydrogen-bond acceptors (Lipinski definition) is 7. The SMILES string of the molecule is CCCN1CCOC2(COCCN(C(=O)c3ccnc(F)c3)C2)C1.O=C(O)C(F)(F)F.O=C(O)C(F)(F)F. The van der Waals surface area contributed by atoms with Crippen LogP contribution in [-0.2, 0) is 19.1 Å². The van der Waals surface area contributed by atoms with Crippen LogP contribution in [0.1, 0.15) is 23.7 Å². The fraction of sp³-hybridized carbons (Fsp3) is 0.619. The average Bonchev–Trinajstić information content (AvgIpc) is 3.01. The molecular weight excluding hydrogens is 539 g/mol. The number of rotatable bonds is 3. The molecule has 2 aliphatic heterocycles. The Kier molecular flexibility index (Phi) is 12.3. The molecule has 0 bridgehead atoms. The van der Waals surface area contributed by atoms with Gasteiger partial charge in [-0.15, -0.1) is 0 Å². The minimum Gasteiger partial charge on any atom is -0.475 e. The predicted molar refractivity (Wildman–Crippen MR) is 114 cm³/mol. The number of halogens is 7. The number of amides is 1. The Bertz CT molecular complexity index is 920. The molecule has 17 heteroatoms. The summed E-state index contributed by atoms with van der Waals surface area (Å²) in [5.74, 6) is -6.37. The average molecular weight is 565 g/mol. The summed E-state index contributed by atoms with van der Waals surface area (Å²) in [4.78, 5) is 38.1. The lowest BCUT2D eigenvalue weighted by atomic mass is 10.0. The highest BCUT2D eigenvalue weighted by Gasteiger charge is 2.41. The second kappa shape index (κ2) is 14.2. The number of alkyl halides is 6. The minimum absolute atomic E-state index is 0.211. The van der Waals surface area contributed by atoms with E-state index in [1.165, 1.54) is 18.3 Å². The van der Waals surface area contributed by atoms with Crippen LogP contribution < -0.4 is 0 Å². The molecule has 2 aliphatic rings. The number of aliphatic carboxylic acids is 2. The number of ether oxygens (including phenoxy) is 2. The van der Waals surface area contributed by atoms with E-state index in [0.717, 1.165) is 26.1 Å². The van der Waals surface area contributed by atoms with Gasteiger partial charge in [0.15, 0.2) is 0 Å². The Morgan fingerprint density at radius 2 is 1.61 bits per heavy atom. The molecule has 216 valence electrons. The lowest BCUT2D eigenvalue weighted by Gasteiger charge is -2.43. The van der Waals surface area contributed by atoms with Gasteiger partial charge in [0.2, 0.25) is 5.95 Å². The zero-order chi connectivity index (χ0) is 29.1. The highest BCUT2D eigenvalue weighted by Crippen LogP contribution is 2.24. The molecule has 2 fully saturated rings. The van der Waals surface area contributed by atoms with E-state index in [1.807, 2.05) is 0 Å². The van der Waals surface area contributed by atoms with Crippen LogP contribution in [0, 0.1) is 5.95 Å². The summed E-state index contributed by atoms with van der Waals surface area (Å²) in [6, 6.07) is 2.71. The van der Waals surface area contributed by atoms with Crippen LogP contribution in [0.2, 0.25) is 0 Å². The molecule has 0 saturated carbocycles. The number of hydrogen-bond donors (Lipinski definition) is 2. The van der Waals surface area contributed by atoms with Crippen LogP contribution in [-0.4, -0.2) is 113 Å². The van der Waals surface area contributed by atoms with Gasteiger partial charge in [-0.2, -0.15) is 30.7 Å². The van der Waals surface area contributed by atoms with Crippen LogP contribution in [0.4, 0.5) is 30.7 Å². The third-order valence-corrected chi connectivity index (χ3v) is 4.96. The Morgan fingerprint density at radius 1 is 1.03 bits per heavy atom. The summed E-state index contributed by atoms with van der Waals surface area (Å²) in [5, 5.41) is 14.2. The van der Waals surface area contributed by atoms with Crippen LogP contribution in [0.15, 0.2) is 18.3 Å². The fourth-order valence-electron chi connectivity index (χ4n) is 3.41. The van der Waals surface area contributed by atoms with E-state index in [9.17, 15) is 35.5 Å². The third-order valence-electron chi connectivity index (χ3n) is 4.96. The largest absolute Gasteiger partial charge is 0.490 e. The van der Waals surface area contributed by atoms with Crippen LogP contribution in [0.3, 0.4) is 0 Å². The minimum atomic E-state index is -5.08. The van der Waals surface area contributed by atoms with E-state index in [1.54, 1.807) is 4.90 Å². The summed E-state index contributed by atoms with van der Waals surface area (Å²) in [7, 11) is 0. The Balaban J connectivity index is 0.000000426. The standard InChI is InChI=1S/C17H24FN3O3.2C2HF3O2/c1-2-5-20-6-9-24-17(11-20)12-21(7-8-23-13-17)16(22)14-3-4-19-15(18)10-14;2*3-2(4,5)1(6)7/h3-4,10H,2,5-9,11-13H2,1H3;2*(H,6,7). The first-order valence-corrected chi connectivity index (χ1v) is 11.0. The molecule has 0 aromatic carbocycles. The lowest BCUT2D eigenvalue weighted by Crippen LogP contribution is -2.59.